The van der Waals surface area contributed by atoms with Gasteiger partial charge in [0, 0.05) is 12.1 Å². The highest BCUT2D eigenvalue weighted by atomic mass is 19.4. The molecule has 0 saturated carbocycles. The Morgan fingerprint density at radius 1 is 1.32 bits per heavy atom. The zero-order valence-electron chi connectivity index (χ0n) is 12.8. The lowest BCUT2D eigenvalue weighted by Crippen LogP contribution is -2.17. The van der Waals surface area contributed by atoms with Crippen molar-refractivity contribution in [2.75, 3.05) is 12.4 Å². The summed E-state index contributed by atoms with van der Waals surface area (Å²) in [7, 11) is 1.44. The van der Waals surface area contributed by atoms with Gasteiger partial charge < -0.3 is 15.2 Å². The molecule has 2 aromatic heterocycles. The van der Waals surface area contributed by atoms with E-state index in [0.29, 0.717) is 16.0 Å². The van der Waals surface area contributed by atoms with Gasteiger partial charge in [-0.3, -0.25) is 9.89 Å². The molecule has 0 radical (unpaired) electrons. The molecule has 0 bridgehead atoms. The van der Waals surface area contributed by atoms with E-state index in [-0.39, 0.29) is 23.8 Å². The van der Waals surface area contributed by atoms with E-state index in [9.17, 15) is 23.1 Å². The molecule has 8 nitrogen and oxygen atoms in total. The Kier molecular flexibility index (Phi) is 3.99. The van der Waals surface area contributed by atoms with Gasteiger partial charge in [0.1, 0.15) is 11.5 Å². The van der Waals surface area contributed by atoms with Crippen molar-refractivity contribution in [1.82, 2.24) is 19.6 Å². The van der Waals surface area contributed by atoms with Crippen LogP contribution < -0.4 is 15.6 Å². The lowest BCUT2D eigenvalue weighted by molar-refractivity contribution is -0.144. The molecule has 0 saturated heterocycles. The Bertz CT molecular complexity index is 980. The molecule has 2 heterocycles. The van der Waals surface area contributed by atoms with Crippen molar-refractivity contribution in [2.24, 2.45) is 0 Å². The number of fused-ring (bicyclic) bond motifs is 1. The minimum atomic E-state index is -4.71. The summed E-state index contributed by atoms with van der Waals surface area (Å²) < 4.78 is 43.7. The van der Waals surface area contributed by atoms with Crippen LogP contribution in [0.1, 0.15) is 11.5 Å². The molecule has 0 fully saturated rings. The number of aromatic nitrogens is 4. The first-order chi connectivity index (χ1) is 11.8. The van der Waals surface area contributed by atoms with Crippen LogP contribution in [-0.4, -0.2) is 31.8 Å². The number of nitrogens with one attached hydrogen (secondary N) is 2. The SMILES string of the molecule is COc1ccc(O)cc1NCc1cc(=O)n2[nH]c(C(F)(F)F)nc2n1. The van der Waals surface area contributed by atoms with Crippen LogP contribution in [0.15, 0.2) is 29.1 Å². The quantitative estimate of drug-likeness (QED) is 0.659. The summed E-state index contributed by atoms with van der Waals surface area (Å²) in [6.45, 7) is 0.0137. The highest BCUT2D eigenvalue weighted by molar-refractivity contribution is 5.59. The number of anilines is 1. The highest BCUT2D eigenvalue weighted by Gasteiger charge is 2.35. The van der Waals surface area contributed by atoms with Crippen LogP contribution in [0.3, 0.4) is 0 Å². The number of H-pyrrole nitrogens is 1. The minimum Gasteiger partial charge on any atom is -0.508 e. The number of hydrogen-bond donors (Lipinski definition) is 3. The van der Waals surface area contributed by atoms with Crippen LogP contribution in [0.5, 0.6) is 11.5 Å². The second-order valence-electron chi connectivity index (χ2n) is 5.03. The first-order valence-corrected chi connectivity index (χ1v) is 6.94. The number of nitrogens with zero attached hydrogens (tertiary/aromatic N) is 3. The molecule has 3 aromatic rings. The average molecular weight is 355 g/mol. The van der Waals surface area contributed by atoms with Gasteiger partial charge in [-0.05, 0) is 12.1 Å². The van der Waals surface area contributed by atoms with Gasteiger partial charge in [0.25, 0.3) is 11.3 Å². The Morgan fingerprint density at radius 2 is 2.08 bits per heavy atom. The number of rotatable bonds is 4. The van der Waals surface area contributed by atoms with Crippen LogP contribution >= 0.6 is 0 Å². The van der Waals surface area contributed by atoms with Crippen molar-refractivity contribution < 1.29 is 23.0 Å². The molecule has 3 rings (SSSR count). The highest BCUT2D eigenvalue weighted by Crippen LogP contribution is 2.28. The normalized spacial score (nSPS) is 11.7. The van der Waals surface area contributed by atoms with Gasteiger partial charge in [-0.2, -0.15) is 22.7 Å². The van der Waals surface area contributed by atoms with Crippen LogP contribution in [0.25, 0.3) is 5.78 Å². The van der Waals surface area contributed by atoms with Crippen LogP contribution in [0, 0.1) is 0 Å². The molecular formula is C14H12F3N5O3. The van der Waals surface area contributed by atoms with Gasteiger partial charge in [0.05, 0.1) is 25.0 Å². The van der Waals surface area contributed by atoms with Gasteiger partial charge in [0.2, 0.25) is 5.82 Å². The maximum Gasteiger partial charge on any atom is 0.451 e. The summed E-state index contributed by atoms with van der Waals surface area (Å²) in [6, 6.07) is 5.45. The predicted molar refractivity (Wildman–Crippen MR) is 80.6 cm³/mol. The number of alkyl halides is 3. The van der Waals surface area contributed by atoms with E-state index in [0.717, 1.165) is 6.07 Å². The topological polar surface area (TPSA) is 105 Å². The van der Waals surface area contributed by atoms with Gasteiger partial charge in [0.15, 0.2) is 0 Å². The average Bonchev–Trinajstić information content (AvgIpc) is 2.98. The van der Waals surface area contributed by atoms with Gasteiger partial charge >= 0.3 is 6.18 Å². The van der Waals surface area contributed by atoms with Crippen LogP contribution in [-0.2, 0) is 12.7 Å². The molecule has 132 valence electrons. The van der Waals surface area contributed by atoms with Gasteiger partial charge in [-0.1, -0.05) is 0 Å². The summed E-state index contributed by atoms with van der Waals surface area (Å²) in [4.78, 5) is 19.1. The van der Waals surface area contributed by atoms with E-state index in [2.05, 4.69) is 15.3 Å². The molecule has 0 aliphatic rings. The lowest BCUT2D eigenvalue weighted by atomic mass is 10.2. The third-order valence-corrected chi connectivity index (χ3v) is 3.30. The fourth-order valence-corrected chi connectivity index (χ4v) is 2.16. The van der Waals surface area contributed by atoms with Gasteiger partial charge in [-0.15, -0.1) is 0 Å². The summed E-state index contributed by atoms with van der Waals surface area (Å²) in [5.74, 6) is -1.26. The Hall–Kier alpha value is -3.24. The fraction of sp³-hybridized carbons (Fsp3) is 0.214. The maximum atomic E-state index is 12.7. The maximum absolute atomic E-state index is 12.7. The number of aromatic amines is 1. The zero-order chi connectivity index (χ0) is 18.2. The monoisotopic (exact) mass is 355 g/mol. The number of phenols is 1. The lowest BCUT2D eigenvalue weighted by Gasteiger charge is -2.11. The van der Waals surface area contributed by atoms with E-state index in [1.165, 1.54) is 25.3 Å². The molecule has 0 aliphatic heterocycles. The molecule has 25 heavy (non-hydrogen) atoms. The predicted octanol–water partition coefficient (Wildman–Crippen LogP) is 1.76. The van der Waals surface area contributed by atoms with Crippen molar-refractivity contribution in [3.8, 4) is 11.5 Å². The number of benzene rings is 1. The number of phenolic OH excluding ortho intramolecular Hbond substituents is 1. The van der Waals surface area contributed by atoms with E-state index in [1.54, 1.807) is 0 Å². The molecule has 0 unspecified atom stereocenters. The first-order valence-electron chi connectivity index (χ1n) is 6.94. The van der Waals surface area contributed by atoms with Crippen molar-refractivity contribution in [2.45, 2.75) is 12.7 Å². The number of ether oxygens (including phenoxy) is 1. The second-order valence-corrected chi connectivity index (χ2v) is 5.03. The summed E-state index contributed by atoms with van der Waals surface area (Å²) >= 11 is 0. The fourth-order valence-electron chi connectivity index (χ4n) is 2.16. The van der Waals surface area contributed by atoms with Crippen molar-refractivity contribution in [1.29, 1.82) is 0 Å². The molecule has 0 amide bonds. The van der Waals surface area contributed by atoms with Crippen LogP contribution in [0.2, 0.25) is 0 Å². The number of methoxy groups -OCH3 is 1. The van der Waals surface area contributed by atoms with Crippen LogP contribution in [0.4, 0.5) is 18.9 Å². The van der Waals surface area contributed by atoms with Crippen molar-refractivity contribution in [3.63, 3.8) is 0 Å². The molecule has 0 atom stereocenters. The van der Waals surface area contributed by atoms with E-state index >= 15 is 0 Å². The number of hydrogen-bond acceptors (Lipinski definition) is 6. The van der Waals surface area contributed by atoms with E-state index in [4.69, 9.17) is 4.74 Å². The Morgan fingerprint density at radius 3 is 2.76 bits per heavy atom. The largest absolute Gasteiger partial charge is 0.508 e. The standard InChI is InChI=1S/C14H12F3N5O3/c1-25-10-3-2-8(23)5-9(10)18-6-7-4-11(24)22-13(19-7)20-12(21-22)14(15,16)17/h2-5,18,23H,6H2,1H3,(H,19,20,21). The number of aromatic hydroxyl groups is 1. The molecule has 0 spiro atoms. The Balaban J connectivity index is 1.90. The van der Waals surface area contributed by atoms with Crippen molar-refractivity contribution >= 4 is 11.5 Å². The van der Waals surface area contributed by atoms with Gasteiger partial charge in [-0.25, -0.2) is 4.98 Å². The first kappa shape index (κ1) is 16.6. The third kappa shape index (κ3) is 3.34. The summed E-state index contributed by atoms with van der Waals surface area (Å²) in [6.07, 6.45) is -4.71. The molecule has 0 aliphatic carbocycles. The summed E-state index contributed by atoms with van der Waals surface area (Å²) in [5, 5.41) is 14.3. The zero-order valence-corrected chi connectivity index (χ0v) is 12.8. The third-order valence-electron chi connectivity index (χ3n) is 3.30. The summed E-state index contributed by atoms with van der Waals surface area (Å²) in [5.41, 5.74) is -0.120. The number of halogens is 3. The van der Waals surface area contributed by atoms with E-state index < -0.39 is 17.6 Å². The Labute approximate surface area is 137 Å². The molecular weight excluding hydrogens is 343 g/mol. The molecule has 1 aromatic carbocycles. The smallest absolute Gasteiger partial charge is 0.451 e. The second kappa shape index (κ2) is 6.00. The minimum absolute atomic E-state index is 0.00565. The van der Waals surface area contributed by atoms with Crippen molar-refractivity contribution in [3.05, 3.63) is 46.1 Å². The molecule has 3 N–H and O–H groups in total. The van der Waals surface area contributed by atoms with E-state index in [1.807, 2.05) is 5.10 Å². The molecule has 11 heteroatoms.